The second-order valence-corrected chi connectivity index (χ2v) is 4.29. The Hall–Kier alpha value is -1.59. The number of likely N-dealkylation sites (N-methyl/N-ethyl adjacent to an activating group) is 1. The number of carbonyl (C=O) groups is 3. The SMILES string of the molecule is CCCC(OC(=O)[C@@H]1CCC(=O)N1CC)C(=O)O. The molecule has 1 rings (SSSR count). The van der Waals surface area contributed by atoms with Gasteiger partial charge in [0.1, 0.15) is 6.04 Å². The zero-order chi connectivity index (χ0) is 13.7. The summed E-state index contributed by atoms with van der Waals surface area (Å²) in [4.78, 5) is 35.7. The van der Waals surface area contributed by atoms with Gasteiger partial charge in [-0.2, -0.15) is 0 Å². The van der Waals surface area contributed by atoms with Crippen LogP contribution in [0.2, 0.25) is 0 Å². The van der Waals surface area contributed by atoms with Crippen LogP contribution in [0.5, 0.6) is 0 Å². The summed E-state index contributed by atoms with van der Waals surface area (Å²) in [5.41, 5.74) is 0. The third-order valence-electron chi connectivity index (χ3n) is 3.03. The fourth-order valence-corrected chi connectivity index (χ4v) is 2.09. The molecule has 1 N–H and O–H groups in total. The summed E-state index contributed by atoms with van der Waals surface area (Å²) >= 11 is 0. The van der Waals surface area contributed by atoms with Crippen LogP contribution in [0.4, 0.5) is 0 Å². The largest absolute Gasteiger partial charge is 0.479 e. The molecular weight excluding hydrogens is 238 g/mol. The molecule has 0 aromatic carbocycles. The van der Waals surface area contributed by atoms with Crippen LogP contribution < -0.4 is 0 Å². The second kappa shape index (κ2) is 6.37. The molecule has 1 aliphatic heterocycles. The van der Waals surface area contributed by atoms with Gasteiger partial charge in [-0.3, -0.25) is 4.79 Å². The smallest absolute Gasteiger partial charge is 0.345 e. The number of carboxylic acids is 1. The van der Waals surface area contributed by atoms with Gasteiger partial charge in [-0.25, -0.2) is 9.59 Å². The number of hydrogen-bond acceptors (Lipinski definition) is 4. The predicted molar refractivity (Wildman–Crippen MR) is 62.8 cm³/mol. The third kappa shape index (κ3) is 3.21. The third-order valence-corrected chi connectivity index (χ3v) is 3.03. The maximum absolute atomic E-state index is 11.9. The van der Waals surface area contributed by atoms with Crippen molar-refractivity contribution in [3.63, 3.8) is 0 Å². The molecule has 1 saturated heterocycles. The summed E-state index contributed by atoms with van der Waals surface area (Å²) in [6.45, 7) is 4.04. The Labute approximate surface area is 106 Å². The van der Waals surface area contributed by atoms with Crippen LogP contribution in [0.25, 0.3) is 0 Å². The minimum absolute atomic E-state index is 0.0817. The predicted octanol–water partition coefficient (Wildman–Crippen LogP) is 0.794. The highest BCUT2D eigenvalue weighted by Gasteiger charge is 2.37. The fourth-order valence-electron chi connectivity index (χ4n) is 2.09. The number of likely N-dealkylation sites (tertiary alicyclic amines) is 1. The lowest BCUT2D eigenvalue weighted by molar-refractivity contribution is -0.168. The molecule has 0 aliphatic carbocycles. The number of aliphatic carboxylic acids is 1. The lowest BCUT2D eigenvalue weighted by atomic mass is 10.2. The van der Waals surface area contributed by atoms with Crippen molar-refractivity contribution < 1.29 is 24.2 Å². The molecule has 0 radical (unpaired) electrons. The van der Waals surface area contributed by atoms with Gasteiger partial charge >= 0.3 is 11.9 Å². The highest BCUT2D eigenvalue weighted by molar-refractivity contribution is 5.89. The second-order valence-electron chi connectivity index (χ2n) is 4.29. The number of nitrogens with zero attached hydrogens (tertiary/aromatic N) is 1. The van der Waals surface area contributed by atoms with Crippen LogP contribution in [0.1, 0.15) is 39.5 Å². The maximum Gasteiger partial charge on any atom is 0.345 e. The molecule has 1 fully saturated rings. The van der Waals surface area contributed by atoms with Gasteiger partial charge in [-0.1, -0.05) is 13.3 Å². The van der Waals surface area contributed by atoms with Gasteiger partial charge in [0.05, 0.1) is 0 Å². The number of rotatable bonds is 6. The Morgan fingerprint density at radius 1 is 1.50 bits per heavy atom. The zero-order valence-electron chi connectivity index (χ0n) is 10.7. The van der Waals surface area contributed by atoms with Crippen molar-refractivity contribution in [3.8, 4) is 0 Å². The molecule has 1 heterocycles. The molecule has 1 amide bonds. The summed E-state index contributed by atoms with van der Waals surface area (Å²) in [6.07, 6.45) is 0.513. The highest BCUT2D eigenvalue weighted by Crippen LogP contribution is 2.20. The molecular formula is C12H19NO5. The van der Waals surface area contributed by atoms with E-state index in [1.54, 1.807) is 6.92 Å². The zero-order valence-corrected chi connectivity index (χ0v) is 10.7. The standard InChI is InChI=1S/C12H19NO5/c1-3-5-9(11(15)16)18-12(17)8-6-7-10(14)13(8)4-2/h8-9H,3-7H2,1-2H3,(H,15,16)/t8-,9?/m0/s1. The first kappa shape index (κ1) is 14.5. The molecule has 0 spiro atoms. The molecule has 6 nitrogen and oxygen atoms in total. The fraction of sp³-hybridized carbons (Fsp3) is 0.750. The van der Waals surface area contributed by atoms with Crippen LogP contribution in [0.15, 0.2) is 0 Å². The molecule has 18 heavy (non-hydrogen) atoms. The van der Waals surface area contributed by atoms with E-state index in [9.17, 15) is 14.4 Å². The normalized spacial score (nSPS) is 20.9. The van der Waals surface area contributed by atoms with Gasteiger partial charge in [-0.15, -0.1) is 0 Å². The minimum atomic E-state index is -1.14. The average molecular weight is 257 g/mol. The van der Waals surface area contributed by atoms with Gasteiger partial charge in [-0.05, 0) is 19.8 Å². The van der Waals surface area contributed by atoms with Crippen molar-refractivity contribution in [1.82, 2.24) is 4.90 Å². The minimum Gasteiger partial charge on any atom is -0.479 e. The monoisotopic (exact) mass is 257 g/mol. The molecule has 0 saturated carbocycles. The van der Waals surface area contributed by atoms with E-state index in [0.717, 1.165) is 0 Å². The number of hydrogen-bond donors (Lipinski definition) is 1. The van der Waals surface area contributed by atoms with Crippen LogP contribution in [-0.4, -0.2) is 46.5 Å². The Morgan fingerprint density at radius 2 is 2.17 bits per heavy atom. The van der Waals surface area contributed by atoms with Gasteiger partial charge in [0.25, 0.3) is 0 Å². The molecule has 0 aromatic heterocycles. The Bertz CT molecular complexity index is 341. The van der Waals surface area contributed by atoms with E-state index in [4.69, 9.17) is 9.84 Å². The topological polar surface area (TPSA) is 83.9 Å². The van der Waals surface area contributed by atoms with E-state index >= 15 is 0 Å². The summed E-state index contributed by atoms with van der Waals surface area (Å²) < 4.78 is 4.98. The molecule has 0 aromatic rings. The maximum atomic E-state index is 11.9. The number of carbonyl (C=O) groups excluding carboxylic acids is 2. The molecule has 1 unspecified atom stereocenters. The molecule has 2 atom stereocenters. The quantitative estimate of drug-likeness (QED) is 0.711. The van der Waals surface area contributed by atoms with Gasteiger partial charge < -0.3 is 14.7 Å². The van der Waals surface area contributed by atoms with Gasteiger partial charge in [0.15, 0.2) is 6.10 Å². The van der Waals surface area contributed by atoms with Crippen molar-refractivity contribution in [1.29, 1.82) is 0 Å². The lowest BCUT2D eigenvalue weighted by Crippen LogP contribution is -2.41. The van der Waals surface area contributed by atoms with Crippen molar-refractivity contribution in [2.45, 2.75) is 51.7 Å². The van der Waals surface area contributed by atoms with Gasteiger partial charge in [0, 0.05) is 13.0 Å². The van der Waals surface area contributed by atoms with Crippen LogP contribution in [-0.2, 0) is 19.1 Å². The van der Waals surface area contributed by atoms with E-state index in [1.165, 1.54) is 4.90 Å². The summed E-state index contributed by atoms with van der Waals surface area (Å²) in [5.74, 6) is -1.83. The Balaban J connectivity index is 2.64. The first-order valence-electron chi connectivity index (χ1n) is 6.24. The van der Waals surface area contributed by atoms with E-state index in [0.29, 0.717) is 25.8 Å². The first-order valence-corrected chi connectivity index (χ1v) is 6.24. The van der Waals surface area contributed by atoms with Crippen LogP contribution in [0, 0.1) is 0 Å². The number of carboxylic acid groups (broad SMARTS) is 1. The summed E-state index contributed by atoms with van der Waals surface area (Å²) in [5, 5.41) is 8.91. The highest BCUT2D eigenvalue weighted by atomic mass is 16.6. The van der Waals surface area contributed by atoms with Crippen molar-refractivity contribution in [2.75, 3.05) is 6.54 Å². The van der Waals surface area contributed by atoms with E-state index in [-0.39, 0.29) is 12.3 Å². The van der Waals surface area contributed by atoms with E-state index in [2.05, 4.69) is 0 Å². The summed E-state index contributed by atoms with van der Waals surface area (Å²) in [6, 6.07) is -0.624. The lowest BCUT2D eigenvalue weighted by Gasteiger charge is -2.23. The van der Waals surface area contributed by atoms with Crippen molar-refractivity contribution in [3.05, 3.63) is 0 Å². The molecule has 102 valence electrons. The van der Waals surface area contributed by atoms with Crippen molar-refractivity contribution in [2.24, 2.45) is 0 Å². The van der Waals surface area contributed by atoms with E-state index in [1.807, 2.05) is 6.92 Å². The van der Waals surface area contributed by atoms with Gasteiger partial charge in [0.2, 0.25) is 5.91 Å². The average Bonchev–Trinajstić information content (AvgIpc) is 2.69. The number of esters is 1. The molecule has 6 heteroatoms. The molecule has 0 bridgehead atoms. The van der Waals surface area contributed by atoms with Crippen LogP contribution >= 0.6 is 0 Å². The van der Waals surface area contributed by atoms with E-state index < -0.39 is 24.1 Å². The van der Waals surface area contributed by atoms with Crippen LogP contribution in [0.3, 0.4) is 0 Å². The Morgan fingerprint density at radius 3 is 2.67 bits per heavy atom. The first-order chi connectivity index (χ1) is 8.51. The van der Waals surface area contributed by atoms with Crippen molar-refractivity contribution >= 4 is 17.8 Å². The number of ether oxygens (including phenoxy) is 1. The molecule has 1 aliphatic rings. The Kier molecular flexibility index (Phi) is 5.12. The number of amides is 1. The summed E-state index contributed by atoms with van der Waals surface area (Å²) in [7, 11) is 0.